The molecule has 3 heterocycles. The number of rotatable bonds is 6. The molecule has 8 aromatic carbocycles. The molecule has 0 amide bonds. The van der Waals surface area contributed by atoms with Crippen molar-refractivity contribution < 1.29 is 0 Å². The van der Waals surface area contributed by atoms with Gasteiger partial charge in [0, 0.05) is 50.4 Å². The van der Waals surface area contributed by atoms with Gasteiger partial charge < -0.3 is 9.13 Å². The van der Waals surface area contributed by atoms with Gasteiger partial charge in [0.2, 0.25) is 0 Å². The quantitative estimate of drug-likeness (QED) is 0.172. The Balaban J connectivity index is 1.05. The standard InChI is InChI=1S/C52H34N4/c1-4-14-35(15-5-1)47-34-48(54-52(53-47)36-16-6-2-7-17-36)40-20-12-18-37(30-40)38-19-13-23-42(31-38)56-50-25-11-10-24-43(50)46-32-39-26-27-49-44(45(39)33-51(46)56)28-29-55(49)41-21-8-3-9-22-41/h1-34H. The van der Waals surface area contributed by atoms with E-state index in [0.29, 0.717) is 5.82 Å². The molecule has 11 aromatic rings. The molecule has 0 bridgehead atoms. The highest BCUT2D eigenvalue weighted by molar-refractivity contribution is 6.18. The van der Waals surface area contributed by atoms with Crippen molar-refractivity contribution in [2.75, 3.05) is 0 Å². The van der Waals surface area contributed by atoms with Gasteiger partial charge in [-0.25, -0.2) is 9.97 Å². The topological polar surface area (TPSA) is 35.6 Å². The van der Waals surface area contributed by atoms with E-state index >= 15 is 0 Å². The fraction of sp³-hybridized carbons (Fsp3) is 0. The van der Waals surface area contributed by atoms with Crippen molar-refractivity contribution in [3.8, 4) is 56.4 Å². The third kappa shape index (κ3) is 5.39. The summed E-state index contributed by atoms with van der Waals surface area (Å²) in [6.07, 6.45) is 2.18. The molecule has 0 aliphatic rings. The smallest absolute Gasteiger partial charge is 0.160 e. The lowest BCUT2D eigenvalue weighted by atomic mass is 10.00. The van der Waals surface area contributed by atoms with E-state index in [-0.39, 0.29) is 0 Å². The Morgan fingerprint density at radius 1 is 0.321 bits per heavy atom. The average molecular weight is 715 g/mol. The Morgan fingerprint density at radius 2 is 0.929 bits per heavy atom. The molecule has 0 unspecified atom stereocenters. The van der Waals surface area contributed by atoms with Crippen molar-refractivity contribution in [2.24, 2.45) is 0 Å². The molecule has 56 heavy (non-hydrogen) atoms. The van der Waals surface area contributed by atoms with Crippen LogP contribution in [0.2, 0.25) is 0 Å². The Labute approximate surface area is 324 Å². The number of fused-ring (bicyclic) bond motifs is 6. The highest BCUT2D eigenvalue weighted by atomic mass is 15.0. The summed E-state index contributed by atoms with van der Waals surface area (Å²) in [7, 11) is 0. The zero-order valence-corrected chi connectivity index (χ0v) is 30.4. The van der Waals surface area contributed by atoms with Crippen LogP contribution in [0.5, 0.6) is 0 Å². The summed E-state index contributed by atoms with van der Waals surface area (Å²) in [5, 5.41) is 6.21. The second-order valence-corrected chi connectivity index (χ2v) is 14.3. The fourth-order valence-corrected chi connectivity index (χ4v) is 8.26. The van der Waals surface area contributed by atoms with Gasteiger partial charge in [0.25, 0.3) is 0 Å². The molecule has 11 rings (SSSR count). The Kier molecular flexibility index (Phi) is 7.46. The first-order valence-corrected chi connectivity index (χ1v) is 19.0. The third-order valence-corrected chi connectivity index (χ3v) is 10.9. The molecule has 262 valence electrons. The molecule has 0 radical (unpaired) electrons. The lowest BCUT2D eigenvalue weighted by molar-refractivity contribution is 1.13. The first kappa shape index (κ1) is 31.9. The van der Waals surface area contributed by atoms with Gasteiger partial charge >= 0.3 is 0 Å². The first-order chi connectivity index (χ1) is 27.7. The zero-order chi connectivity index (χ0) is 37.0. The average Bonchev–Trinajstić information content (AvgIpc) is 3.86. The van der Waals surface area contributed by atoms with Crippen LogP contribution in [0.15, 0.2) is 206 Å². The minimum absolute atomic E-state index is 0.710. The van der Waals surface area contributed by atoms with E-state index in [1.165, 1.54) is 43.5 Å². The van der Waals surface area contributed by atoms with Crippen LogP contribution < -0.4 is 0 Å². The first-order valence-electron chi connectivity index (χ1n) is 19.0. The lowest BCUT2D eigenvalue weighted by Crippen LogP contribution is -1.96. The molecular formula is C52H34N4. The summed E-state index contributed by atoms with van der Waals surface area (Å²) in [5.74, 6) is 0.710. The lowest BCUT2D eigenvalue weighted by Gasteiger charge is -2.13. The predicted octanol–water partition coefficient (Wildman–Crippen LogP) is 13.3. The molecule has 0 N–H and O–H groups in total. The van der Waals surface area contributed by atoms with E-state index in [9.17, 15) is 0 Å². The SMILES string of the molecule is c1ccc(-c2cc(-c3cccc(-c4cccc(-n5c6ccccc6c6cc7ccc8c(ccn8-c8ccccc8)c7cc65)c4)c3)nc(-c3ccccc3)n2)cc1. The predicted molar refractivity (Wildman–Crippen MR) is 232 cm³/mol. The minimum atomic E-state index is 0.710. The van der Waals surface area contributed by atoms with E-state index in [0.717, 1.165) is 50.6 Å². The number of benzene rings is 8. The fourth-order valence-electron chi connectivity index (χ4n) is 8.26. The van der Waals surface area contributed by atoms with E-state index in [4.69, 9.17) is 9.97 Å². The Morgan fingerprint density at radius 3 is 1.73 bits per heavy atom. The van der Waals surface area contributed by atoms with Crippen LogP contribution in [-0.2, 0) is 0 Å². The molecule has 0 saturated carbocycles. The molecule has 4 nitrogen and oxygen atoms in total. The van der Waals surface area contributed by atoms with Gasteiger partial charge in [0.05, 0.1) is 27.9 Å². The highest BCUT2D eigenvalue weighted by Gasteiger charge is 2.17. The van der Waals surface area contributed by atoms with E-state index in [1.807, 2.05) is 24.3 Å². The maximum absolute atomic E-state index is 5.11. The van der Waals surface area contributed by atoms with Crippen LogP contribution in [0, 0.1) is 0 Å². The highest BCUT2D eigenvalue weighted by Crippen LogP contribution is 2.39. The molecule has 3 aromatic heterocycles. The van der Waals surface area contributed by atoms with Crippen molar-refractivity contribution in [1.29, 1.82) is 0 Å². The molecule has 0 fully saturated rings. The van der Waals surface area contributed by atoms with Crippen molar-refractivity contribution in [3.05, 3.63) is 206 Å². The van der Waals surface area contributed by atoms with Crippen molar-refractivity contribution >= 4 is 43.5 Å². The summed E-state index contributed by atoms with van der Waals surface area (Å²) in [5.41, 5.74) is 13.0. The van der Waals surface area contributed by atoms with E-state index < -0.39 is 0 Å². The second kappa shape index (κ2) is 13.1. The normalized spacial score (nSPS) is 11.6. The summed E-state index contributed by atoms with van der Waals surface area (Å²) >= 11 is 0. The number of hydrogen-bond acceptors (Lipinski definition) is 2. The Bertz CT molecular complexity index is 3170. The van der Waals surface area contributed by atoms with Crippen LogP contribution in [0.4, 0.5) is 0 Å². The van der Waals surface area contributed by atoms with Gasteiger partial charge in [-0.05, 0) is 88.6 Å². The number of para-hydroxylation sites is 2. The van der Waals surface area contributed by atoms with Gasteiger partial charge in [-0.15, -0.1) is 0 Å². The van der Waals surface area contributed by atoms with Crippen LogP contribution in [-0.4, -0.2) is 19.1 Å². The molecule has 4 heteroatoms. The molecule has 0 aliphatic heterocycles. The number of hydrogen-bond donors (Lipinski definition) is 0. The molecule has 0 atom stereocenters. The largest absolute Gasteiger partial charge is 0.317 e. The summed E-state index contributed by atoms with van der Waals surface area (Å²) in [6, 6.07) is 71.1. The van der Waals surface area contributed by atoms with Crippen molar-refractivity contribution in [1.82, 2.24) is 19.1 Å². The summed E-state index contributed by atoms with van der Waals surface area (Å²) in [4.78, 5) is 10.1. The van der Waals surface area contributed by atoms with E-state index in [2.05, 4.69) is 191 Å². The summed E-state index contributed by atoms with van der Waals surface area (Å²) in [6.45, 7) is 0. The Hall–Kier alpha value is -7.56. The molecule has 0 spiro atoms. The van der Waals surface area contributed by atoms with Crippen LogP contribution >= 0.6 is 0 Å². The molecule has 0 aliphatic carbocycles. The van der Waals surface area contributed by atoms with Crippen LogP contribution in [0.25, 0.3) is 99.9 Å². The van der Waals surface area contributed by atoms with Crippen LogP contribution in [0.3, 0.4) is 0 Å². The molecule has 0 saturated heterocycles. The maximum atomic E-state index is 5.11. The maximum Gasteiger partial charge on any atom is 0.160 e. The van der Waals surface area contributed by atoms with Gasteiger partial charge in [-0.1, -0.05) is 133 Å². The molecular weight excluding hydrogens is 681 g/mol. The van der Waals surface area contributed by atoms with Crippen molar-refractivity contribution in [2.45, 2.75) is 0 Å². The van der Waals surface area contributed by atoms with Crippen molar-refractivity contribution in [3.63, 3.8) is 0 Å². The third-order valence-electron chi connectivity index (χ3n) is 10.9. The van der Waals surface area contributed by atoms with Gasteiger partial charge in [0.1, 0.15) is 0 Å². The minimum Gasteiger partial charge on any atom is -0.317 e. The zero-order valence-electron chi connectivity index (χ0n) is 30.4. The van der Waals surface area contributed by atoms with Gasteiger partial charge in [0.15, 0.2) is 5.82 Å². The van der Waals surface area contributed by atoms with Crippen LogP contribution in [0.1, 0.15) is 0 Å². The van der Waals surface area contributed by atoms with Gasteiger partial charge in [-0.2, -0.15) is 0 Å². The summed E-state index contributed by atoms with van der Waals surface area (Å²) < 4.78 is 4.70. The van der Waals surface area contributed by atoms with E-state index in [1.54, 1.807) is 0 Å². The van der Waals surface area contributed by atoms with Gasteiger partial charge in [-0.3, -0.25) is 0 Å². The number of aromatic nitrogens is 4. The monoisotopic (exact) mass is 714 g/mol. The second-order valence-electron chi connectivity index (χ2n) is 14.3. The number of nitrogens with zero attached hydrogens (tertiary/aromatic N) is 4.